The second kappa shape index (κ2) is 8.03. The molecule has 0 aliphatic heterocycles. The maximum Gasteiger partial charge on any atom is 1.00 e. The minimum atomic E-state index is -0.941. The van der Waals surface area contributed by atoms with Gasteiger partial charge >= 0.3 is 35.5 Å². The van der Waals surface area contributed by atoms with E-state index < -0.39 is 18.1 Å². The van der Waals surface area contributed by atoms with Crippen molar-refractivity contribution in [1.29, 1.82) is 0 Å². The van der Waals surface area contributed by atoms with E-state index in [1.54, 1.807) is 14.1 Å². The molecule has 4 nitrogen and oxygen atoms in total. The van der Waals surface area contributed by atoms with Gasteiger partial charge in [0.1, 0.15) is 6.04 Å². The summed E-state index contributed by atoms with van der Waals surface area (Å²) in [6, 6.07) is -0.668. The largest absolute Gasteiger partial charge is 1.00 e. The minimum absolute atomic E-state index is 0. The molecule has 6 heteroatoms. The third-order valence-corrected chi connectivity index (χ3v) is 1.94. The van der Waals surface area contributed by atoms with Crippen LogP contribution in [0.1, 0.15) is 7.85 Å². The van der Waals surface area contributed by atoms with Crippen LogP contribution in [-0.2, 0) is 4.79 Å². The molecular formula is C7H15ClNNaO3. The molecule has 0 amide bonds. The van der Waals surface area contributed by atoms with Crippen molar-refractivity contribution >= 4 is 17.6 Å². The second-order valence-electron chi connectivity index (χ2n) is 2.86. The summed E-state index contributed by atoms with van der Waals surface area (Å²) in [6.07, 6.45) is -0.596. The van der Waals surface area contributed by atoms with Crippen LogP contribution >= 0.6 is 11.6 Å². The summed E-state index contributed by atoms with van der Waals surface area (Å²) < 4.78 is 0. The van der Waals surface area contributed by atoms with Crippen LogP contribution in [0.15, 0.2) is 0 Å². The van der Waals surface area contributed by atoms with E-state index in [2.05, 4.69) is 0 Å². The standard InChI is InChI=1S/C7H14ClNO3.Na.H/c1-9(2)6(7(11)12)3-5(10)4-8;;/h5-6,10H,3-4H2,1-2H3,(H,11,12);;/q;+1;-1. The summed E-state index contributed by atoms with van der Waals surface area (Å²) in [5.74, 6) is -0.874. The third-order valence-electron chi connectivity index (χ3n) is 1.58. The van der Waals surface area contributed by atoms with Crippen LogP contribution in [0.4, 0.5) is 0 Å². The fraction of sp³-hybridized carbons (Fsp3) is 0.857. The molecule has 0 radical (unpaired) electrons. The zero-order valence-electron chi connectivity index (χ0n) is 9.20. The molecule has 0 aliphatic carbocycles. The smallest absolute Gasteiger partial charge is 1.00 e. The Balaban J connectivity index is -0.000000605. The van der Waals surface area contributed by atoms with Gasteiger partial charge in [0.15, 0.2) is 0 Å². The summed E-state index contributed by atoms with van der Waals surface area (Å²) in [7, 11) is 3.31. The number of carbonyl (C=O) groups is 1. The number of hydrogen-bond acceptors (Lipinski definition) is 3. The first kappa shape index (κ1) is 16.1. The number of aliphatic hydroxyl groups excluding tert-OH is 1. The molecule has 0 heterocycles. The van der Waals surface area contributed by atoms with Gasteiger partial charge in [-0.25, -0.2) is 0 Å². The summed E-state index contributed by atoms with van der Waals surface area (Å²) in [5.41, 5.74) is 0. The first-order chi connectivity index (χ1) is 5.49. The van der Waals surface area contributed by atoms with Crippen molar-refractivity contribution in [2.24, 2.45) is 0 Å². The maximum absolute atomic E-state index is 10.6. The molecule has 0 aliphatic rings. The topological polar surface area (TPSA) is 60.8 Å². The first-order valence-electron chi connectivity index (χ1n) is 3.62. The summed E-state index contributed by atoms with van der Waals surface area (Å²) in [6.45, 7) is 0. The Morgan fingerprint density at radius 3 is 2.31 bits per heavy atom. The average molecular weight is 220 g/mol. The predicted octanol–water partition coefficient (Wildman–Crippen LogP) is -2.89. The number of likely N-dealkylation sites (N-methyl/N-ethyl adjacent to an activating group) is 1. The number of nitrogens with zero attached hydrogens (tertiary/aromatic N) is 1. The van der Waals surface area contributed by atoms with Gasteiger partial charge in [0, 0.05) is 12.3 Å². The van der Waals surface area contributed by atoms with Gasteiger partial charge in [0.05, 0.1) is 6.10 Å². The SMILES string of the molecule is CN(C)C(CC(O)CCl)C(=O)O.[H-].[Na+]. The molecule has 2 N–H and O–H groups in total. The monoisotopic (exact) mass is 219 g/mol. The van der Waals surface area contributed by atoms with Gasteiger partial charge in [-0.15, -0.1) is 11.6 Å². The van der Waals surface area contributed by atoms with Gasteiger partial charge in [-0.3, -0.25) is 9.69 Å². The summed E-state index contributed by atoms with van der Waals surface area (Å²) in [4.78, 5) is 12.1. The van der Waals surface area contributed by atoms with Crippen molar-refractivity contribution in [3.8, 4) is 0 Å². The van der Waals surface area contributed by atoms with Crippen LogP contribution in [-0.4, -0.2) is 53.2 Å². The molecule has 0 bridgehead atoms. The molecule has 0 rings (SSSR count). The van der Waals surface area contributed by atoms with Crippen molar-refractivity contribution in [3.63, 3.8) is 0 Å². The van der Waals surface area contributed by atoms with Gasteiger partial charge in [0.2, 0.25) is 0 Å². The number of aliphatic carboxylic acids is 1. The van der Waals surface area contributed by atoms with Gasteiger partial charge in [0.25, 0.3) is 0 Å². The number of halogens is 1. The predicted molar refractivity (Wildman–Crippen MR) is 47.6 cm³/mol. The zero-order chi connectivity index (χ0) is 9.72. The number of hydrogen-bond donors (Lipinski definition) is 2. The van der Waals surface area contributed by atoms with Crippen LogP contribution in [0, 0.1) is 0 Å². The minimum Gasteiger partial charge on any atom is -1.00 e. The molecule has 0 spiro atoms. The van der Waals surface area contributed by atoms with Crippen molar-refractivity contribution in [3.05, 3.63) is 0 Å². The Labute approximate surface area is 107 Å². The van der Waals surface area contributed by atoms with Gasteiger partial charge in [-0.2, -0.15) is 0 Å². The second-order valence-corrected chi connectivity index (χ2v) is 3.17. The van der Waals surface area contributed by atoms with E-state index >= 15 is 0 Å². The summed E-state index contributed by atoms with van der Waals surface area (Å²) in [5, 5.41) is 17.8. The molecule has 13 heavy (non-hydrogen) atoms. The van der Waals surface area contributed by atoms with Gasteiger partial charge in [-0.1, -0.05) is 0 Å². The fourth-order valence-electron chi connectivity index (χ4n) is 0.853. The zero-order valence-corrected chi connectivity index (χ0v) is 11.0. The molecular weight excluding hydrogens is 205 g/mol. The number of carboxylic acid groups (broad SMARTS) is 1. The molecule has 0 saturated carbocycles. The van der Waals surface area contributed by atoms with Crippen molar-refractivity contribution in [2.75, 3.05) is 20.0 Å². The van der Waals surface area contributed by atoms with Crippen LogP contribution in [0.25, 0.3) is 0 Å². The van der Waals surface area contributed by atoms with Gasteiger partial charge in [-0.05, 0) is 14.1 Å². The van der Waals surface area contributed by atoms with Crippen molar-refractivity contribution in [2.45, 2.75) is 18.6 Å². The van der Waals surface area contributed by atoms with Crippen LogP contribution < -0.4 is 29.6 Å². The van der Waals surface area contributed by atoms with E-state index in [1.807, 2.05) is 0 Å². The van der Waals surface area contributed by atoms with E-state index in [9.17, 15) is 4.79 Å². The molecule has 74 valence electrons. The molecule has 2 atom stereocenters. The van der Waals surface area contributed by atoms with Crippen LogP contribution in [0.2, 0.25) is 0 Å². The normalized spacial score (nSPS) is 14.8. The Hall–Kier alpha value is 0.680. The summed E-state index contributed by atoms with van der Waals surface area (Å²) >= 11 is 5.34. The van der Waals surface area contributed by atoms with Crippen LogP contribution in [0.5, 0.6) is 0 Å². The van der Waals surface area contributed by atoms with Crippen molar-refractivity contribution < 1.29 is 46.0 Å². The first-order valence-corrected chi connectivity index (χ1v) is 4.15. The van der Waals surface area contributed by atoms with E-state index in [0.29, 0.717) is 0 Å². The number of carboxylic acids is 1. The fourth-order valence-corrected chi connectivity index (χ4v) is 0.979. The van der Waals surface area contributed by atoms with Gasteiger partial charge < -0.3 is 11.6 Å². The Morgan fingerprint density at radius 1 is 1.62 bits per heavy atom. The van der Waals surface area contributed by atoms with E-state index in [4.69, 9.17) is 21.8 Å². The Morgan fingerprint density at radius 2 is 2.08 bits per heavy atom. The third kappa shape index (κ3) is 6.71. The molecule has 0 aromatic carbocycles. The average Bonchev–Trinajstić information content (AvgIpc) is 1.98. The quantitative estimate of drug-likeness (QED) is 0.385. The van der Waals surface area contributed by atoms with Crippen molar-refractivity contribution in [1.82, 2.24) is 4.90 Å². The van der Waals surface area contributed by atoms with E-state index in [-0.39, 0.29) is 43.3 Å². The maximum atomic E-state index is 10.6. The molecule has 0 aromatic heterocycles. The molecule has 2 unspecified atom stereocenters. The number of aliphatic hydroxyl groups is 1. The Kier molecular flexibility index (Phi) is 9.96. The Bertz CT molecular complexity index is 162. The molecule has 0 aromatic rings. The number of rotatable bonds is 5. The van der Waals surface area contributed by atoms with E-state index in [1.165, 1.54) is 4.90 Å². The molecule has 0 fully saturated rings. The number of alkyl halides is 1. The molecule has 0 saturated heterocycles. The van der Waals surface area contributed by atoms with E-state index in [0.717, 1.165) is 0 Å². The van der Waals surface area contributed by atoms with Crippen LogP contribution in [0.3, 0.4) is 0 Å².